The van der Waals surface area contributed by atoms with Gasteiger partial charge in [-0.05, 0) is 11.1 Å². The summed E-state index contributed by atoms with van der Waals surface area (Å²) in [6.07, 6.45) is 0. The van der Waals surface area contributed by atoms with Crippen LogP contribution in [0.4, 0.5) is 0 Å². The molecule has 0 aliphatic carbocycles. The van der Waals surface area contributed by atoms with Crippen LogP contribution in [0.2, 0.25) is 0 Å². The van der Waals surface area contributed by atoms with Gasteiger partial charge in [0.2, 0.25) is 0 Å². The highest BCUT2D eigenvalue weighted by Gasteiger charge is 2.00. The van der Waals surface area contributed by atoms with Crippen LogP contribution in [0.5, 0.6) is 0 Å². The van der Waals surface area contributed by atoms with Gasteiger partial charge in [0.05, 0.1) is 13.2 Å². The van der Waals surface area contributed by atoms with E-state index in [9.17, 15) is 0 Å². The van der Waals surface area contributed by atoms with Crippen molar-refractivity contribution >= 4 is 23.5 Å². The summed E-state index contributed by atoms with van der Waals surface area (Å²) in [6.45, 7) is 1.79. The van der Waals surface area contributed by atoms with Crippen LogP contribution in [0.3, 0.4) is 0 Å². The minimum Gasteiger partial charge on any atom is -0.380 e. The molecule has 0 N–H and O–H groups in total. The van der Waals surface area contributed by atoms with Crippen molar-refractivity contribution in [2.75, 3.05) is 24.7 Å². The molecule has 1 aromatic carbocycles. The molecule has 0 saturated heterocycles. The van der Waals surface area contributed by atoms with Crippen LogP contribution in [0, 0.1) is 0 Å². The molecule has 1 heterocycles. The second-order valence-electron chi connectivity index (χ2n) is 3.54. The molecule has 0 spiro atoms. The smallest absolute Gasteiger partial charge is 0.0557 e. The predicted octanol–water partition coefficient (Wildman–Crippen LogP) is 3.18. The van der Waals surface area contributed by atoms with E-state index in [0.717, 1.165) is 36.2 Å². The van der Waals surface area contributed by atoms with E-state index in [1.165, 1.54) is 11.1 Å². The summed E-state index contributed by atoms with van der Waals surface area (Å²) in [5.74, 6) is 4.44. The van der Waals surface area contributed by atoms with E-state index in [-0.39, 0.29) is 0 Å². The maximum absolute atomic E-state index is 5.53. The van der Waals surface area contributed by atoms with E-state index in [1.807, 2.05) is 23.5 Å². The Labute approximate surface area is 100.0 Å². The molecule has 0 radical (unpaired) electrons. The Hall–Kier alpha value is -0.120. The highest BCUT2D eigenvalue weighted by molar-refractivity contribution is 7.98. The molecular weight excluding hydrogens is 224 g/mol. The Morgan fingerprint density at radius 3 is 2.13 bits per heavy atom. The Balaban J connectivity index is 2.00. The van der Waals surface area contributed by atoms with Crippen molar-refractivity contribution in [3.8, 4) is 0 Å². The molecule has 0 fully saturated rings. The van der Waals surface area contributed by atoms with Gasteiger partial charge >= 0.3 is 0 Å². The summed E-state index contributed by atoms with van der Waals surface area (Å²) >= 11 is 3.92. The lowest BCUT2D eigenvalue weighted by molar-refractivity contribution is 0.167. The van der Waals surface area contributed by atoms with Crippen LogP contribution < -0.4 is 0 Å². The number of hydrogen-bond acceptors (Lipinski definition) is 3. The SMILES string of the molecule is c1cc2cc(c1)CSCCOCCSC2. The van der Waals surface area contributed by atoms with Gasteiger partial charge in [0.25, 0.3) is 0 Å². The Kier molecular flexibility index (Phi) is 4.90. The Bertz CT molecular complexity index is 276. The lowest BCUT2D eigenvalue weighted by Gasteiger charge is -2.09. The molecule has 1 aromatic rings. The van der Waals surface area contributed by atoms with E-state index in [1.54, 1.807) is 0 Å². The van der Waals surface area contributed by atoms with Gasteiger partial charge < -0.3 is 4.74 Å². The van der Waals surface area contributed by atoms with Gasteiger partial charge in [-0.1, -0.05) is 24.3 Å². The summed E-state index contributed by atoms with van der Waals surface area (Å²) in [4.78, 5) is 0. The van der Waals surface area contributed by atoms with Crippen LogP contribution >= 0.6 is 23.5 Å². The van der Waals surface area contributed by atoms with Crippen LogP contribution in [0.1, 0.15) is 11.1 Å². The highest BCUT2D eigenvalue weighted by Crippen LogP contribution is 2.18. The third-order valence-corrected chi connectivity index (χ3v) is 4.26. The molecule has 0 amide bonds. The maximum Gasteiger partial charge on any atom is 0.0557 e. The fourth-order valence-electron chi connectivity index (χ4n) is 1.53. The van der Waals surface area contributed by atoms with Crippen molar-refractivity contribution in [3.05, 3.63) is 35.4 Å². The molecule has 15 heavy (non-hydrogen) atoms. The topological polar surface area (TPSA) is 9.23 Å². The van der Waals surface area contributed by atoms with Crippen molar-refractivity contribution in [1.82, 2.24) is 0 Å². The number of thioether (sulfide) groups is 2. The quantitative estimate of drug-likeness (QED) is 0.689. The molecule has 82 valence electrons. The van der Waals surface area contributed by atoms with E-state index in [4.69, 9.17) is 4.74 Å². The van der Waals surface area contributed by atoms with Crippen molar-refractivity contribution in [2.45, 2.75) is 11.5 Å². The van der Waals surface area contributed by atoms with Crippen LogP contribution in [0.15, 0.2) is 24.3 Å². The van der Waals surface area contributed by atoms with Gasteiger partial charge in [-0.15, -0.1) is 0 Å². The number of hydrogen-bond donors (Lipinski definition) is 0. The monoisotopic (exact) mass is 240 g/mol. The van der Waals surface area contributed by atoms with Crippen molar-refractivity contribution in [3.63, 3.8) is 0 Å². The zero-order valence-corrected chi connectivity index (χ0v) is 10.4. The summed E-state index contributed by atoms with van der Waals surface area (Å²) in [5, 5.41) is 0. The molecule has 1 nitrogen and oxygen atoms in total. The third-order valence-electron chi connectivity index (χ3n) is 2.27. The van der Waals surface area contributed by atoms with E-state index in [2.05, 4.69) is 24.3 Å². The molecule has 0 unspecified atom stereocenters. The largest absolute Gasteiger partial charge is 0.380 e. The van der Waals surface area contributed by atoms with E-state index in [0.29, 0.717) is 0 Å². The summed E-state index contributed by atoms with van der Waals surface area (Å²) in [7, 11) is 0. The number of fused-ring (bicyclic) bond motifs is 2. The molecule has 2 bridgehead atoms. The summed E-state index contributed by atoms with van der Waals surface area (Å²) < 4.78 is 5.53. The zero-order valence-electron chi connectivity index (χ0n) is 8.78. The van der Waals surface area contributed by atoms with Crippen molar-refractivity contribution in [2.24, 2.45) is 0 Å². The lowest BCUT2D eigenvalue weighted by atomic mass is 10.2. The van der Waals surface area contributed by atoms with Crippen molar-refractivity contribution in [1.29, 1.82) is 0 Å². The molecule has 1 aliphatic heterocycles. The fraction of sp³-hybridized carbons (Fsp3) is 0.500. The van der Waals surface area contributed by atoms with E-state index >= 15 is 0 Å². The normalized spacial score (nSPS) is 18.9. The first-order valence-electron chi connectivity index (χ1n) is 5.26. The van der Waals surface area contributed by atoms with Gasteiger partial charge in [0.1, 0.15) is 0 Å². The number of ether oxygens (including phenoxy) is 1. The van der Waals surface area contributed by atoms with Crippen LogP contribution in [-0.4, -0.2) is 24.7 Å². The molecule has 0 saturated carbocycles. The van der Waals surface area contributed by atoms with Crippen molar-refractivity contribution < 1.29 is 4.74 Å². The Morgan fingerprint density at radius 1 is 0.933 bits per heavy atom. The average molecular weight is 240 g/mol. The van der Waals surface area contributed by atoms with Gasteiger partial charge in [-0.3, -0.25) is 0 Å². The van der Waals surface area contributed by atoms with Gasteiger partial charge in [-0.25, -0.2) is 0 Å². The molecule has 1 aliphatic rings. The van der Waals surface area contributed by atoms with Crippen LogP contribution in [0.25, 0.3) is 0 Å². The average Bonchev–Trinajstić information content (AvgIpc) is 2.26. The minimum absolute atomic E-state index is 0.894. The fourth-order valence-corrected chi connectivity index (χ4v) is 3.12. The second-order valence-corrected chi connectivity index (χ2v) is 5.75. The molecule has 2 rings (SSSR count). The molecule has 3 heteroatoms. The first-order chi connectivity index (χ1) is 7.45. The summed E-state index contributed by atoms with van der Waals surface area (Å²) in [5.41, 5.74) is 2.89. The molecular formula is C12H16OS2. The first kappa shape index (κ1) is 11.4. The van der Waals surface area contributed by atoms with Crippen LogP contribution in [-0.2, 0) is 16.2 Å². The van der Waals surface area contributed by atoms with Gasteiger partial charge in [-0.2, -0.15) is 23.5 Å². The van der Waals surface area contributed by atoms with Gasteiger partial charge in [0, 0.05) is 23.0 Å². The summed E-state index contributed by atoms with van der Waals surface area (Å²) in [6, 6.07) is 8.94. The predicted molar refractivity (Wildman–Crippen MR) is 69.6 cm³/mol. The zero-order chi connectivity index (χ0) is 10.3. The molecule has 0 atom stereocenters. The van der Waals surface area contributed by atoms with E-state index < -0.39 is 0 Å². The Morgan fingerprint density at radius 2 is 1.53 bits per heavy atom. The van der Waals surface area contributed by atoms with Gasteiger partial charge in [0.15, 0.2) is 0 Å². The highest BCUT2D eigenvalue weighted by atomic mass is 32.2. The number of rotatable bonds is 0. The second kappa shape index (κ2) is 6.46. The lowest BCUT2D eigenvalue weighted by Crippen LogP contribution is -2.02. The first-order valence-corrected chi connectivity index (χ1v) is 7.57. The minimum atomic E-state index is 0.894. The third kappa shape index (κ3) is 4.09. The molecule has 0 aromatic heterocycles. The maximum atomic E-state index is 5.53. The standard InChI is InChI=1S/C12H16OS2/c1-2-11-8-12(3-1)10-15-7-5-13-4-6-14-9-11/h1-3,8H,4-7,9-10H2. The number of benzene rings is 1.